The van der Waals surface area contributed by atoms with Crippen LogP contribution in [-0.4, -0.2) is 16.7 Å². The normalized spacial score (nSPS) is 26.3. The molecular formula is C12H11FN2O2. The van der Waals surface area contributed by atoms with Crippen molar-refractivity contribution in [1.82, 2.24) is 4.90 Å². The molecule has 1 aromatic rings. The lowest BCUT2D eigenvalue weighted by molar-refractivity contribution is -0.142. The second-order valence-corrected chi connectivity index (χ2v) is 4.60. The third-order valence-electron chi connectivity index (χ3n) is 3.28. The highest BCUT2D eigenvalue weighted by molar-refractivity contribution is 6.08. The molecule has 1 saturated carbocycles. The maximum Gasteiger partial charge on any atom is 0.233 e. The van der Waals surface area contributed by atoms with E-state index in [1.807, 2.05) is 0 Å². The van der Waals surface area contributed by atoms with Crippen molar-refractivity contribution in [3.05, 3.63) is 29.6 Å². The highest BCUT2D eigenvalue weighted by Crippen LogP contribution is 2.47. The minimum absolute atomic E-state index is 0.117. The molecule has 2 fully saturated rings. The fraction of sp³-hybridized carbons (Fsp3) is 0.333. The summed E-state index contributed by atoms with van der Waals surface area (Å²) in [4.78, 5) is 24.6. The minimum Gasteiger partial charge on any atom is -0.399 e. The Morgan fingerprint density at radius 1 is 1.24 bits per heavy atom. The molecule has 2 amide bonds. The van der Waals surface area contributed by atoms with Crippen LogP contribution in [0.5, 0.6) is 0 Å². The number of hydrogen-bond acceptors (Lipinski definition) is 3. The number of nitrogens with zero attached hydrogens (tertiary/aromatic N) is 1. The van der Waals surface area contributed by atoms with Crippen molar-refractivity contribution in [2.24, 2.45) is 11.8 Å². The van der Waals surface area contributed by atoms with Crippen LogP contribution in [0.1, 0.15) is 12.0 Å². The number of benzene rings is 1. The number of halogens is 1. The molecule has 88 valence electrons. The molecule has 3 rings (SSSR count). The molecule has 2 aliphatic rings. The first-order chi connectivity index (χ1) is 8.06. The van der Waals surface area contributed by atoms with Gasteiger partial charge in [0.15, 0.2) is 0 Å². The predicted molar refractivity (Wildman–Crippen MR) is 58.0 cm³/mol. The fourth-order valence-electron chi connectivity index (χ4n) is 2.35. The molecule has 5 heteroatoms. The van der Waals surface area contributed by atoms with Gasteiger partial charge in [0, 0.05) is 5.69 Å². The molecule has 1 aromatic carbocycles. The zero-order chi connectivity index (χ0) is 12.2. The zero-order valence-electron chi connectivity index (χ0n) is 9.02. The molecule has 17 heavy (non-hydrogen) atoms. The number of rotatable bonds is 2. The highest BCUT2D eigenvalue weighted by Gasteiger charge is 2.58. The van der Waals surface area contributed by atoms with Crippen LogP contribution >= 0.6 is 0 Å². The Morgan fingerprint density at radius 3 is 2.47 bits per heavy atom. The molecular weight excluding hydrogens is 223 g/mol. The summed E-state index contributed by atoms with van der Waals surface area (Å²) in [6.07, 6.45) is 0.680. The fourth-order valence-corrected chi connectivity index (χ4v) is 2.35. The van der Waals surface area contributed by atoms with Crippen molar-refractivity contribution in [2.45, 2.75) is 13.0 Å². The summed E-state index contributed by atoms with van der Waals surface area (Å²) in [7, 11) is 0. The molecule has 0 bridgehead atoms. The van der Waals surface area contributed by atoms with E-state index in [4.69, 9.17) is 5.73 Å². The first kappa shape index (κ1) is 10.3. The maximum atomic E-state index is 13.1. The lowest BCUT2D eigenvalue weighted by Crippen LogP contribution is -2.32. The third-order valence-corrected chi connectivity index (χ3v) is 3.28. The van der Waals surface area contributed by atoms with E-state index in [-0.39, 0.29) is 30.2 Å². The number of carbonyl (C=O) groups is 2. The Bertz CT molecular complexity index is 489. The van der Waals surface area contributed by atoms with Crippen molar-refractivity contribution in [1.29, 1.82) is 0 Å². The van der Waals surface area contributed by atoms with Gasteiger partial charge in [-0.25, -0.2) is 4.39 Å². The van der Waals surface area contributed by atoms with Crippen molar-refractivity contribution < 1.29 is 14.0 Å². The van der Waals surface area contributed by atoms with Crippen molar-refractivity contribution in [2.75, 3.05) is 5.73 Å². The van der Waals surface area contributed by atoms with Crippen LogP contribution in [0.25, 0.3) is 0 Å². The van der Waals surface area contributed by atoms with E-state index in [0.717, 1.165) is 0 Å². The first-order valence-electron chi connectivity index (χ1n) is 5.46. The van der Waals surface area contributed by atoms with Gasteiger partial charge in [-0.1, -0.05) is 0 Å². The molecule has 2 atom stereocenters. The van der Waals surface area contributed by atoms with Gasteiger partial charge in [-0.05, 0) is 30.2 Å². The van der Waals surface area contributed by atoms with Crippen LogP contribution in [0, 0.1) is 17.7 Å². The number of carbonyl (C=O) groups excluding carboxylic acids is 2. The van der Waals surface area contributed by atoms with Gasteiger partial charge in [0.1, 0.15) is 5.82 Å². The Labute approximate surface area is 97.2 Å². The summed E-state index contributed by atoms with van der Waals surface area (Å²) < 4.78 is 13.1. The Balaban J connectivity index is 1.83. The van der Waals surface area contributed by atoms with Gasteiger partial charge in [-0.3, -0.25) is 14.5 Å². The van der Waals surface area contributed by atoms with E-state index in [2.05, 4.69) is 0 Å². The summed E-state index contributed by atoms with van der Waals surface area (Å²) in [5.41, 5.74) is 6.35. The summed E-state index contributed by atoms with van der Waals surface area (Å²) in [6.45, 7) is 0.118. The van der Waals surface area contributed by atoms with Crippen LogP contribution < -0.4 is 5.73 Å². The van der Waals surface area contributed by atoms with Gasteiger partial charge in [0.05, 0.1) is 18.4 Å². The molecule has 0 aromatic heterocycles. The SMILES string of the molecule is Nc1cc(F)cc(CN2C(=O)C3CC3C2=O)c1. The third kappa shape index (κ3) is 1.58. The van der Waals surface area contributed by atoms with Gasteiger partial charge in [0.2, 0.25) is 11.8 Å². The molecule has 1 heterocycles. The molecule has 0 spiro atoms. The van der Waals surface area contributed by atoms with Crippen LogP contribution in [0.4, 0.5) is 10.1 Å². The van der Waals surface area contributed by atoms with E-state index >= 15 is 0 Å². The van der Waals surface area contributed by atoms with Gasteiger partial charge in [-0.15, -0.1) is 0 Å². The topological polar surface area (TPSA) is 63.4 Å². The Hall–Kier alpha value is -1.91. The largest absolute Gasteiger partial charge is 0.399 e. The van der Waals surface area contributed by atoms with E-state index in [9.17, 15) is 14.0 Å². The summed E-state index contributed by atoms with van der Waals surface area (Å²) in [6, 6.07) is 4.07. The van der Waals surface area contributed by atoms with E-state index in [1.165, 1.54) is 17.0 Å². The number of fused-ring (bicyclic) bond motifs is 1. The zero-order valence-corrected chi connectivity index (χ0v) is 9.02. The second-order valence-electron chi connectivity index (χ2n) is 4.60. The van der Waals surface area contributed by atoms with E-state index in [1.54, 1.807) is 6.07 Å². The molecule has 1 saturated heterocycles. The van der Waals surface area contributed by atoms with Crippen LogP contribution in [0.3, 0.4) is 0 Å². The average molecular weight is 234 g/mol. The van der Waals surface area contributed by atoms with Crippen molar-refractivity contribution in [3.63, 3.8) is 0 Å². The molecule has 1 aliphatic heterocycles. The molecule has 2 unspecified atom stereocenters. The summed E-state index contributed by atoms with van der Waals surface area (Å²) in [5, 5.41) is 0. The van der Waals surface area contributed by atoms with Gasteiger partial charge in [-0.2, -0.15) is 0 Å². The number of nitrogen functional groups attached to an aromatic ring is 1. The highest BCUT2D eigenvalue weighted by atomic mass is 19.1. The van der Waals surface area contributed by atoms with Gasteiger partial charge < -0.3 is 5.73 Å². The summed E-state index contributed by atoms with van der Waals surface area (Å²) >= 11 is 0. The number of nitrogens with two attached hydrogens (primary N) is 1. The van der Waals surface area contributed by atoms with Gasteiger partial charge in [0.25, 0.3) is 0 Å². The van der Waals surface area contributed by atoms with Crippen LogP contribution in [0.15, 0.2) is 18.2 Å². The smallest absolute Gasteiger partial charge is 0.233 e. The maximum absolute atomic E-state index is 13.1. The summed E-state index contributed by atoms with van der Waals surface area (Å²) in [5.74, 6) is -0.961. The monoisotopic (exact) mass is 234 g/mol. The van der Waals surface area contributed by atoms with Crippen molar-refractivity contribution in [3.8, 4) is 0 Å². The lowest BCUT2D eigenvalue weighted by Gasteiger charge is -2.16. The number of hydrogen-bond donors (Lipinski definition) is 1. The number of imide groups is 1. The molecule has 4 nitrogen and oxygen atoms in total. The average Bonchev–Trinajstić information content (AvgIpc) is 2.98. The predicted octanol–water partition coefficient (Wildman–Crippen LogP) is 0.913. The minimum atomic E-state index is -0.454. The number of amides is 2. The van der Waals surface area contributed by atoms with Crippen LogP contribution in [0.2, 0.25) is 0 Å². The quantitative estimate of drug-likeness (QED) is 0.611. The Morgan fingerprint density at radius 2 is 1.88 bits per heavy atom. The second kappa shape index (κ2) is 3.29. The Kier molecular flexibility index (Phi) is 1.98. The van der Waals surface area contributed by atoms with Crippen LogP contribution in [-0.2, 0) is 16.1 Å². The lowest BCUT2D eigenvalue weighted by atomic mass is 10.2. The molecule has 0 radical (unpaired) electrons. The standard InChI is InChI=1S/C12H11FN2O2/c13-7-1-6(2-8(14)3-7)5-15-11(16)9-4-10(9)12(15)17/h1-3,9-10H,4-5,14H2. The number of piperidine rings is 1. The van der Waals surface area contributed by atoms with E-state index < -0.39 is 5.82 Å². The molecule has 1 aliphatic carbocycles. The molecule has 2 N–H and O–H groups in total. The van der Waals surface area contributed by atoms with Gasteiger partial charge >= 0.3 is 0 Å². The number of likely N-dealkylation sites (tertiary alicyclic amines) is 1. The first-order valence-corrected chi connectivity index (χ1v) is 5.46. The van der Waals surface area contributed by atoms with E-state index in [0.29, 0.717) is 17.7 Å². The van der Waals surface area contributed by atoms with Crippen molar-refractivity contribution >= 4 is 17.5 Å². The number of anilines is 1.